The van der Waals surface area contributed by atoms with Crippen LogP contribution in [0.2, 0.25) is 5.04 Å². The molecule has 1 heterocycles. The van der Waals surface area contributed by atoms with Crippen molar-refractivity contribution in [1.82, 2.24) is 0 Å². The maximum atomic E-state index is 14.2. The number of esters is 1. The van der Waals surface area contributed by atoms with Crippen LogP contribution in [-0.4, -0.2) is 32.7 Å². The van der Waals surface area contributed by atoms with Crippen molar-refractivity contribution in [3.8, 4) is 0 Å². The SMILES string of the molecule is CC(C)(C)[Si](OCC1C[C@@](C)(F)C(=O)O1)(c1ccccc1)c1ccccc1. The van der Waals surface area contributed by atoms with Crippen molar-refractivity contribution in [1.29, 1.82) is 0 Å². The molecule has 2 aromatic carbocycles. The Hall–Kier alpha value is -1.98. The second kappa shape index (κ2) is 7.21. The first-order chi connectivity index (χ1) is 12.7. The second-order valence-corrected chi connectivity index (χ2v) is 12.7. The standard InChI is InChI=1S/C22H27FO3Si/c1-21(2,3)27(18-11-7-5-8-12-18,19-13-9-6-10-14-19)25-16-17-15-22(4,23)20(24)26-17/h5-14,17H,15-16H2,1-4H3/t17?,22-/m1/s1. The van der Waals surface area contributed by atoms with Crippen LogP contribution in [0.4, 0.5) is 4.39 Å². The monoisotopic (exact) mass is 386 g/mol. The summed E-state index contributed by atoms with van der Waals surface area (Å²) in [7, 11) is -2.70. The van der Waals surface area contributed by atoms with Crippen LogP contribution in [0.1, 0.15) is 34.1 Å². The summed E-state index contributed by atoms with van der Waals surface area (Å²) in [5.74, 6) is -0.793. The fraction of sp³-hybridized carbons (Fsp3) is 0.409. The molecule has 2 aromatic rings. The van der Waals surface area contributed by atoms with Gasteiger partial charge in [-0.1, -0.05) is 81.4 Å². The summed E-state index contributed by atoms with van der Waals surface area (Å²) in [6.07, 6.45) is -0.529. The fourth-order valence-electron chi connectivity index (χ4n) is 3.90. The Bertz CT molecular complexity index is 745. The lowest BCUT2D eigenvalue weighted by Gasteiger charge is -2.43. The van der Waals surface area contributed by atoms with Crippen LogP contribution in [0.5, 0.6) is 0 Å². The molecule has 0 spiro atoms. The average Bonchev–Trinajstić information content (AvgIpc) is 2.88. The number of ether oxygens (including phenoxy) is 1. The van der Waals surface area contributed by atoms with Crippen molar-refractivity contribution in [3.63, 3.8) is 0 Å². The summed E-state index contributed by atoms with van der Waals surface area (Å²) in [6.45, 7) is 8.01. The van der Waals surface area contributed by atoms with Crippen molar-refractivity contribution in [3.05, 3.63) is 60.7 Å². The molecule has 1 unspecified atom stereocenters. The quantitative estimate of drug-likeness (QED) is 0.582. The molecule has 1 aliphatic heterocycles. The van der Waals surface area contributed by atoms with E-state index in [9.17, 15) is 9.18 Å². The van der Waals surface area contributed by atoms with Crippen LogP contribution in [0.3, 0.4) is 0 Å². The van der Waals surface area contributed by atoms with Gasteiger partial charge in [0.05, 0.1) is 6.61 Å². The first-order valence-electron chi connectivity index (χ1n) is 9.32. The molecule has 0 bridgehead atoms. The number of carbonyl (C=O) groups excluding carboxylic acids is 1. The Morgan fingerprint density at radius 1 is 1.07 bits per heavy atom. The molecule has 27 heavy (non-hydrogen) atoms. The van der Waals surface area contributed by atoms with Crippen LogP contribution in [0.25, 0.3) is 0 Å². The summed E-state index contributed by atoms with van der Waals surface area (Å²) in [5, 5.41) is 2.13. The predicted molar refractivity (Wildman–Crippen MR) is 108 cm³/mol. The van der Waals surface area contributed by atoms with Crippen LogP contribution < -0.4 is 10.4 Å². The van der Waals surface area contributed by atoms with E-state index in [4.69, 9.17) is 9.16 Å². The number of cyclic esters (lactones) is 1. The van der Waals surface area contributed by atoms with Crippen molar-refractivity contribution >= 4 is 24.7 Å². The molecule has 0 aliphatic carbocycles. The number of halogens is 1. The van der Waals surface area contributed by atoms with Crippen LogP contribution in [0.15, 0.2) is 60.7 Å². The molecule has 1 fully saturated rings. The Labute approximate surface area is 161 Å². The summed E-state index contributed by atoms with van der Waals surface area (Å²) >= 11 is 0. The molecule has 5 heteroatoms. The lowest BCUT2D eigenvalue weighted by Crippen LogP contribution is -2.67. The Balaban J connectivity index is 2.01. The fourth-order valence-corrected chi connectivity index (χ4v) is 8.49. The molecule has 0 saturated carbocycles. The van der Waals surface area contributed by atoms with Crippen molar-refractivity contribution in [2.24, 2.45) is 0 Å². The van der Waals surface area contributed by atoms with Gasteiger partial charge in [-0.25, -0.2) is 9.18 Å². The van der Waals surface area contributed by atoms with Gasteiger partial charge >= 0.3 is 5.97 Å². The highest BCUT2D eigenvalue weighted by Crippen LogP contribution is 2.38. The van der Waals surface area contributed by atoms with Gasteiger partial charge in [0.1, 0.15) is 6.10 Å². The predicted octanol–water partition coefficient (Wildman–Crippen LogP) is 3.61. The van der Waals surface area contributed by atoms with E-state index in [0.29, 0.717) is 0 Å². The van der Waals surface area contributed by atoms with Gasteiger partial charge in [0, 0.05) is 6.42 Å². The molecule has 3 rings (SSSR count). The summed E-state index contributed by atoms with van der Waals surface area (Å²) in [6, 6.07) is 20.5. The van der Waals surface area contributed by atoms with Gasteiger partial charge in [0.2, 0.25) is 5.67 Å². The van der Waals surface area contributed by atoms with Crippen molar-refractivity contribution in [2.75, 3.05) is 6.61 Å². The van der Waals surface area contributed by atoms with Gasteiger partial charge in [-0.3, -0.25) is 0 Å². The summed E-state index contributed by atoms with van der Waals surface area (Å²) in [5.41, 5.74) is -1.93. The molecule has 3 nitrogen and oxygen atoms in total. The molecule has 0 radical (unpaired) electrons. The maximum Gasteiger partial charge on any atom is 0.344 e. The lowest BCUT2D eigenvalue weighted by atomic mass is 10.1. The number of carbonyl (C=O) groups is 1. The second-order valence-electron chi connectivity index (χ2n) is 8.40. The van der Waals surface area contributed by atoms with Crippen LogP contribution in [0, 0.1) is 0 Å². The number of benzene rings is 2. The van der Waals surface area contributed by atoms with E-state index in [-0.39, 0.29) is 18.1 Å². The van der Waals surface area contributed by atoms with Crippen LogP contribution >= 0.6 is 0 Å². The third-order valence-electron chi connectivity index (χ3n) is 5.21. The molecule has 0 amide bonds. The van der Waals surface area contributed by atoms with E-state index in [0.717, 1.165) is 10.4 Å². The first-order valence-corrected chi connectivity index (χ1v) is 11.2. The van der Waals surface area contributed by atoms with Gasteiger partial charge in [0.25, 0.3) is 8.32 Å². The summed E-state index contributed by atoms with van der Waals surface area (Å²) in [4.78, 5) is 11.7. The molecular weight excluding hydrogens is 359 g/mol. The smallest absolute Gasteiger partial charge is 0.344 e. The highest BCUT2D eigenvalue weighted by Gasteiger charge is 2.52. The normalized spacial score (nSPS) is 23.3. The minimum atomic E-state index is -2.70. The van der Waals surface area contributed by atoms with Gasteiger partial charge in [-0.05, 0) is 22.3 Å². The Morgan fingerprint density at radius 3 is 1.93 bits per heavy atom. The van der Waals surface area contributed by atoms with Gasteiger partial charge in [-0.15, -0.1) is 0 Å². The van der Waals surface area contributed by atoms with Gasteiger partial charge < -0.3 is 9.16 Å². The van der Waals surface area contributed by atoms with Crippen molar-refractivity contribution in [2.45, 2.75) is 50.9 Å². The van der Waals surface area contributed by atoms with Crippen molar-refractivity contribution < 1.29 is 18.3 Å². The maximum absolute atomic E-state index is 14.2. The third kappa shape index (κ3) is 3.71. The van der Waals surface area contributed by atoms with E-state index >= 15 is 0 Å². The van der Waals surface area contributed by atoms with E-state index in [1.54, 1.807) is 0 Å². The molecule has 0 N–H and O–H groups in total. The average molecular weight is 387 g/mol. The lowest BCUT2D eigenvalue weighted by molar-refractivity contribution is -0.150. The van der Waals surface area contributed by atoms with E-state index < -0.39 is 26.1 Å². The molecule has 144 valence electrons. The van der Waals surface area contributed by atoms with E-state index in [1.165, 1.54) is 6.92 Å². The minimum absolute atomic E-state index is 0.0318. The van der Waals surface area contributed by atoms with E-state index in [2.05, 4.69) is 45.0 Å². The third-order valence-corrected chi connectivity index (χ3v) is 10.2. The van der Waals surface area contributed by atoms with E-state index in [1.807, 2.05) is 36.4 Å². The number of rotatable bonds is 5. The first kappa shape index (κ1) is 19.8. The number of hydrogen-bond acceptors (Lipinski definition) is 3. The topological polar surface area (TPSA) is 35.5 Å². The summed E-state index contributed by atoms with van der Waals surface area (Å²) < 4.78 is 26.2. The molecule has 0 aromatic heterocycles. The number of hydrogen-bond donors (Lipinski definition) is 0. The zero-order chi connectivity index (χ0) is 19.7. The van der Waals surface area contributed by atoms with Gasteiger partial charge in [-0.2, -0.15) is 0 Å². The van der Waals surface area contributed by atoms with Crippen LogP contribution in [-0.2, 0) is 14.0 Å². The zero-order valence-electron chi connectivity index (χ0n) is 16.4. The number of alkyl halides is 1. The molecule has 2 atom stereocenters. The molecular formula is C22H27FO3Si. The van der Waals surface area contributed by atoms with Gasteiger partial charge in [0.15, 0.2) is 0 Å². The Kier molecular flexibility index (Phi) is 5.28. The Morgan fingerprint density at radius 2 is 1.56 bits per heavy atom. The highest BCUT2D eigenvalue weighted by molar-refractivity contribution is 6.99. The molecule has 1 aliphatic rings. The zero-order valence-corrected chi connectivity index (χ0v) is 17.4. The highest BCUT2D eigenvalue weighted by atomic mass is 28.4. The minimum Gasteiger partial charge on any atom is -0.457 e. The molecule has 1 saturated heterocycles. The largest absolute Gasteiger partial charge is 0.457 e.